The summed E-state index contributed by atoms with van der Waals surface area (Å²) in [4.78, 5) is 12.0. The van der Waals surface area contributed by atoms with Gasteiger partial charge in [0.25, 0.3) is 0 Å². The summed E-state index contributed by atoms with van der Waals surface area (Å²) < 4.78 is 11.6. The fourth-order valence-electron chi connectivity index (χ4n) is 7.97. The van der Waals surface area contributed by atoms with E-state index in [0.29, 0.717) is 24.2 Å². The minimum Gasteiger partial charge on any atom is -0.501 e. The number of ether oxygens (including phenoxy) is 2. The molecule has 0 N–H and O–H groups in total. The molecule has 0 amide bonds. The predicted molar refractivity (Wildman–Crippen MR) is 100 cm³/mol. The van der Waals surface area contributed by atoms with Crippen LogP contribution >= 0.6 is 0 Å². The number of carbonyl (C=O) groups is 1. The highest BCUT2D eigenvalue weighted by Crippen LogP contribution is 2.68. The van der Waals surface area contributed by atoms with Crippen LogP contribution in [0.4, 0.5) is 0 Å². The van der Waals surface area contributed by atoms with Gasteiger partial charge in [-0.05, 0) is 79.8 Å². The molecule has 26 heavy (non-hydrogen) atoms. The van der Waals surface area contributed by atoms with Crippen molar-refractivity contribution in [1.29, 1.82) is 0 Å². The molecule has 5 aliphatic rings. The first-order valence-corrected chi connectivity index (χ1v) is 10.6. The number of hydrogen-bond donors (Lipinski definition) is 0. The first-order chi connectivity index (χ1) is 12.5. The van der Waals surface area contributed by atoms with Gasteiger partial charge < -0.3 is 9.47 Å². The van der Waals surface area contributed by atoms with Crippen LogP contribution in [0.25, 0.3) is 0 Å². The van der Waals surface area contributed by atoms with Gasteiger partial charge in [-0.25, -0.2) is 0 Å². The van der Waals surface area contributed by atoms with Crippen LogP contribution < -0.4 is 0 Å². The van der Waals surface area contributed by atoms with Crippen molar-refractivity contribution < 1.29 is 14.3 Å². The molecular formula is C23H32O3. The molecule has 3 fully saturated rings. The molecule has 0 aromatic carbocycles. The second kappa shape index (κ2) is 5.62. The van der Waals surface area contributed by atoms with Crippen LogP contribution in [0.1, 0.15) is 65.2 Å². The van der Waals surface area contributed by atoms with E-state index in [4.69, 9.17) is 9.47 Å². The minimum atomic E-state index is -0.168. The van der Waals surface area contributed by atoms with Crippen LogP contribution in [0.5, 0.6) is 0 Å². The zero-order valence-electron chi connectivity index (χ0n) is 16.4. The third-order valence-electron chi connectivity index (χ3n) is 8.95. The lowest BCUT2D eigenvalue weighted by molar-refractivity contribution is -0.165. The van der Waals surface area contributed by atoms with Gasteiger partial charge in [0.1, 0.15) is 5.60 Å². The maximum atomic E-state index is 12.0. The maximum Gasteiger partial charge on any atom is 0.306 e. The zero-order chi connectivity index (χ0) is 18.1. The highest BCUT2D eigenvalue weighted by Gasteiger charge is 2.67. The molecule has 6 unspecified atom stereocenters. The van der Waals surface area contributed by atoms with Crippen molar-refractivity contribution in [3.05, 3.63) is 23.5 Å². The second-order valence-corrected chi connectivity index (χ2v) is 9.86. The van der Waals surface area contributed by atoms with Crippen LogP contribution in [0.2, 0.25) is 0 Å². The summed E-state index contributed by atoms with van der Waals surface area (Å²) in [5, 5.41) is 0. The van der Waals surface area contributed by atoms with Crippen molar-refractivity contribution in [3.63, 3.8) is 0 Å². The van der Waals surface area contributed by atoms with E-state index in [0.717, 1.165) is 36.9 Å². The number of methoxy groups -OCH3 is 1. The van der Waals surface area contributed by atoms with E-state index >= 15 is 0 Å². The van der Waals surface area contributed by atoms with Gasteiger partial charge in [-0.15, -0.1) is 0 Å². The Balaban J connectivity index is 1.49. The molecule has 0 radical (unpaired) electrons. The van der Waals surface area contributed by atoms with E-state index in [2.05, 4.69) is 26.0 Å². The number of rotatable bonds is 1. The Bertz CT molecular complexity index is 692. The summed E-state index contributed by atoms with van der Waals surface area (Å²) in [6.07, 6.45) is 13.5. The summed E-state index contributed by atoms with van der Waals surface area (Å²) in [6.45, 7) is 4.88. The van der Waals surface area contributed by atoms with Gasteiger partial charge in [0.15, 0.2) is 0 Å². The fraction of sp³-hybridized carbons (Fsp3) is 0.783. The lowest BCUT2D eigenvalue weighted by Gasteiger charge is -2.55. The van der Waals surface area contributed by atoms with E-state index in [9.17, 15) is 4.79 Å². The number of hydrogen-bond acceptors (Lipinski definition) is 3. The molecule has 2 saturated carbocycles. The Kier molecular flexibility index (Phi) is 3.65. The predicted octanol–water partition coefficient (Wildman–Crippen LogP) is 5.02. The fourth-order valence-corrected chi connectivity index (χ4v) is 7.97. The van der Waals surface area contributed by atoms with Crippen molar-refractivity contribution in [2.75, 3.05) is 7.11 Å². The zero-order valence-corrected chi connectivity index (χ0v) is 16.4. The summed E-state index contributed by atoms with van der Waals surface area (Å²) in [6, 6.07) is 0. The van der Waals surface area contributed by atoms with E-state index in [1.165, 1.54) is 31.3 Å². The van der Waals surface area contributed by atoms with Gasteiger partial charge in [0.2, 0.25) is 0 Å². The molecule has 4 aliphatic carbocycles. The highest BCUT2D eigenvalue weighted by molar-refractivity contribution is 5.72. The van der Waals surface area contributed by atoms with Crippen LogP contribution in [0, 0.1) is 35.0 Å². The molecule has 1 spiro atoms. The van der Waals surface area contributed by atoms with Crippen LogP contribution in [-0.4, -0.2) is 18.7 Å². The van der Waals surface area contributed by atoms with Gasteiger partial charge in [0.05, 0.1) is 12.9 Å². The van der Waals surface area contributed by atoms with Crippen molar-refractivity contribution >= 4 is 5.97 Å². The molecule has 1 aliphatic heterocycles. The Morgan fingerprint density at radius 3 is 2.77 bits per heavy atom. The lowest BCUT2D eigenvalue weighted by Crippen LogP contribution is -2.52. The summed E-state index contributed by atoms with van der Waals surface area (Å²) in [5.41, 5.74) is 1.54. The number of fused-ring (bicyclic) bond motifs is 6. The molecule has 0 bridgehead atoms. The van der Waals surface area contributed by atoms with Crippen LogP contribution in [0.3, 0.4) is 0 Å². The minimum absolute atomic E-state index is 0.0385. The third-order valence-corrected chi connectivity index (χ3v) is 8.95. The summed E-state index contributed by atoms with van der Waals surface area (Å²) >= 11 is 0. The van der Waals surface area contributed by atoms with Gasteiger partial charge in [-0.3, -0.25) is 4.79 Å². The molecular weight excluding hydrogens is 324 g/mol. The number of allylic oxidation sites excluding steroid dienone is 4. The van der Waals surface area contributed by atoms with Crippen molar-refractivity contribution in [2.24, 2.45) is 35.0 Å². The molecule has 0 aromatic rings. The van der Waals surface area contributed by atoms with E-state index in [-0.39, 0.29) is 17.0 Å². The van der Waals surface area contributed by atoms with E-state index < -0.39 is 0 Å². The average molecular weight is 357 g/mol. The molecule has 1 heterocycles. The topological polar surface area (TPSA) is 35.5 Å². The normalized spacial score (nSPS) is 49.7. The first-order valence-electron chi connectivity index (χ1n) is 10.6. The summed E-state index contributed by atoms with van der Waals surface area (Å²) in [7, 11) is 1.80. The Morgan fingerprint density at radius 2 is 2.04 bits per heavy atom. The average Bonchev–Trinajstić information content (AvgIpc) is 3.11. The standard InChI is InChI=1S/C23H32O3/c1-14-13-23(11-9-20(24)26-23)22(2)10-8-18-17-7-5-16(25-3)12-15(17)4-6-19(18)21(14)22/h4,12,14,17-19,21H,5-11,13H2,1-3H3/t14-,17?,18?,19?,21?,22?,23?/m0/s1. The second-order valence-electron chi connectivity index (χ2n) is 9.86. The van der Waals surface area contributed by atoms with Crippen molar-refractivity contribution in [3.8, 4) is 0 Å². The first kappa shape index (κ1) is 16.9. The van der Waals surface area contributed by atoms with Crippen LogP contribution in [-0.2, 0) is 14.3 Å². The molecule has 1 saturated heterocycles. The van der Waals surface area contributed by atoms with Gasteiger partial charge in [0, 0.05) is 18.3 Å². The largest absolute Gasteiger partial charge is 0.501 e. The van der Waals surface area contributed by atoms with E-state index in [1.54, 1.807) is 7.11 Å². The molecule has 3 heteroatoms. The van der Waals surface area contributed by atoms with Gasteiger partial charge in [-0.1, -0.05) is 19.9 Å². The smallest absolute Gasteiger partial charge is 0.306 e. The Morgan fingerprint density at radius 1 is 1.19 bits per heavy atom. The Labute approximate surface area is 157 Å². The molecule has 7 atom stereocenters. The quantitative estimate of drug-likeness (QED) is 0.619. The highest BCUT2D eigenvalue weighted by atomic mass is 16.6. The molecule has 0 aromatic heterocycles. The molecule has 3 nitrogen and oxygen atoms in total. The van der Waals surface area contributed by atoms with Crippen LogP contribution in [0.15, 0.2) is 23.5 Å². The Hall–Kier alpha value is -1.25. The van der Waals surface area contributed by atoms with E-state index in [1.807, 2.05) is 0 Å². The maximum absolute atomic E-state index is 12.0. The molecule has 142 valence electrons. The number of esters is 1. The third kappa shape index (κ3) is 2.09. The van der Waals surface area contributed by atoms with Gasteiger partial charge in [-0.2, -0.15) is 0 Å². The summed E-state index contributed by atoms with van der Waals surface area (Å²) in [5.74, 6) is 4.81. The van der Waals surface area contributed by atoms with Crippen molar-refractivity contribution in [1.82, 2.24) is 0 Å². The van der Waals surface area contributed by atoms with Crippen molar-refractivity contribution in [2.45, 2.75) is 70.8 Å². The van der Waals surface area contributed by atoms with Gasteiger partial charge >= 0.3 is 5.97 Å². The molecule has 5 rings (SSSR count). The monoisotopic (exact) mass is 356 g/mol. The lowest BCUT2D eigenvalue weighted by atomic mass is 9.50. The number of carbonyl (C=O) groups excluding carboxylic acids is 1. The SMILES string of the molecule is COC1=CC2=CCC3C(CCC4(C)C3[C@@H](C)CC43CCC(=O)O3)C2CC1.